The lowest BCUT2D eigenvalue weighted by molar-refractivity contribution is -0.129. The number of carbonyl (C=O) groups excluding carboxylic acids is 2. The minimum absolute atomic E-state index is 0.323. The van der Waals surface area contributed by atoms with Crippen molar-refractivity contribution in [3.63, 3.8) is 0 Å². The molecule has 0 atom stereocenters. The molecule has 3 aromatic rings. The number of hydrogen-bond donors (Lipinski definition) is 1. The highest BCUT2D eigenvalue weighted by Gasteiger charge is 2.12. The largest absolute Gasteiger partial charge is 0.340 e. The standard InChI is InChI=1S/C18H19N3S.C4H6O2/c1-4-15-13(3)19-18(16-6-5-11-22-16)21-17(15)20-14-9-7-12(2)8-10-14;1-2-4(6)3-5/h5-11H,4H2,1-3H3,(H,19,20,21);3H,2H2,1H3. The molecule has 0 aliphatic heterocycles. The van der Waals surface area contributed by atoms with E-state index in [1.807, 2.05) is 6.07 Å². The summed E-state index contributed by atoms with van der Waals surface area (Å²) in [4.78, 5) is 29.7. The van der Waals surface area contributed by atoms with Crippen molar-refractivity contribution in [2.75, 3.05) is 5.32 Å². The number of aryl methyl sites for hydroxylation is 2. The lowest BCUT2D eigenvalue weighted by Gasteiger charge is -2.13. The van der Waals surface area contributed by atoms with Gasteiger partial charge in [0.15, 0.2) is 17.9 Å². The Morgan fingerprint density at radius 2 is 1.82 bits per heavy atom. The molecule has 0 amide bonds. The van der Waals surface area contributed by atoms with E-state index in [1.165, 1.54) is 11.1 Å². The van der Waals surface area contributed by atoms with Gasteiger partial charge in [-0.1, -0.05) is 37.6 Å². The summed E-state index contributed by atoms with van der Waals surface area (Å²) in [7, 11) is 0. The van der Waals surface area contributed by atoms with E-state index in [0.29, 0.717) is 12.7 Å². The Labute approximate surface area is 169 Å². The zero-order valence-corrected chi connectivity index (χ0v) is 17.5. The highest BCUT2D eigenvalue weighted by Crippen LogP contribution is 2.27. The van der Waals surface area contributed by atoms with Crippen LogP contribution >= 0.6 is 11.3 Å². The molecular formula is C22H25N3O2S. The number of carbonyl (C=O) groups is 2. The van der Waals surface area contributed by atoms with Crippen molar-refractivity contribution < 1.29 is 9.59 Å². The van der Waals surface area contributed by atoms with Crippen molar-refractivity contribution in [2.45, 2.75) is 40.5 Å². The van der Waals surface area contributed by atoms with E-state index >= 15 is 0 Å². The molecule has 3 rings (SSSR count). The minimum Gasteiger partial charge on any atom is -0.340 e. The average molecular weight is 396 g/mol. The van der Waals surface area contributed by atoms with Crippen LogP contribution in [-0.2, 0) is 16.0 Å². The topological polar surface area (TPSA) is 72.0 Å². The first-order chi connectivity index (χ1) is 13.5. The van der Waals surface area contributed by atoms with Gasteiger partial charge in [0.2, 0.25) is 0 Å². The van der Waals surface area contributed by atoms with Crippen LogP contribution in [0.4, 0.5) is 11.5 Å². The second-order valence-corrected chi connectivity index (χ2v) is 7.17. The van der Waals surface area contributed by atoms with Crippen LogP contribution in [0.25, 0.3) is 10.7 Å². The lowest BCUT2D eigenvalue weighted by Crippen LogP contribution is -2.04. The van der Waals surface area contributed by atoms with E-state index in [-0.39, 0.29) is 5.78 Å². The summed E-state index contributed by atoms with van der Waals surface area (Å²) in [6, 6.07) is 12.4. The first kappa shape index (κ1) is 21.4. The van der Waals surface area contributed by atoms with Crippen LogP contribution in [0, 0.1) is 13.8 Å². The number of Topliss-reactive ketones (excluding diaryl/α,β-unsaturated/α-hetero) is 1. The number of rotatable bonds is 6. The number of anilines is 2. The molecule has 0 aliphatic rings. The summed E-state index contributed by atoms with van der Waals surface area (Å²) in [6.45, 7) is 7.93. The van der Waals surface area contributed by atoms with Crippen LogP contribution in [0.5, 0.6) is 0 Å². The first-order valence-electron chi connectivity index (χ1n) is 9.21. The smallest absolute Gasteiger partial charge is 0.194 e. The number of ketones is 1. The summed E-state index contributed by atoms with van der Waals surface area (Å²) in [5, 5.41) is 5.50. The van der Waals surface area contributed by atoms with Crippen molar-refractivity contribution >= 4 is 34.9 Å². The SMILES string of the molecule is CCC(=O)C=O.CCc1c(C)nc(-c2cccs2)nc1Nc1ccc(C)cc1. The Bertz CT molecular complexity index is 920. The van der Waals surface area contributed by atoms with E-state index in [9.17, 15) is 9.59 Å². The van der Waals surface area contributed by atoms with Crippen molar-refractivity contribution in [2.24, 2.45) is 0 Å². The molecule has 0 saturated heterocycles. The lowest BCUT2D eigenvalue weighted by atomic mass is 10.1. The van der Waals surface area contributed by atoms with Crippen LogP contribution in [0.1, 0.15) is 37.1 Å². The number of nitrogens with zero attached hydrogens (tertiary/aromatic N) is 2. The zero-order chi connectivity index (χ0) is 20.5. The minimum atomic E-state index is -0.338. The molecule has 1 aromatic carbocycles. The quantitative estimate of drug-likeness (QED) is 0.453. The number of aldehydes is 1. The third-order valence-electron chi connectivity index (χ3n) is 4.10. The molecule has 0 radical (unpaired) electrons. The fourth-order valence-electron chi connectivity index (χ4n) is 2.50. The van der Waals surface area contributed by atoms with E-state index < -0.39 is 0 Å². The number of benzene rings is 1. The molecule has 0 saturated carbocycles. The van der Waals surface area contributed by atoms with Crippen molar-refractivity contribution in [3.8, 4) is 10.7 Å². The molecule has 0 aliphatic carbocycles. The van der Waals surface area contributed by atoms with E-state index in [1.54, 1.807) is 18.3 Å². The average Bonchev–Trinajstić information content (AvgIpc) is 3.24. The molecular weight excluding hydrogens is 370 g/mol. The Kier molecular flexibility index (Phi) is 8.02. The molecule has 2 heterocycles. The Balaban J connectivity index is 0.000000409. The van der Waals surface area contributed by atoms with Crippen LogP contribution in [-0.4, -0.2) is 22.0 Å². The van der Waals surface area contributed by atoms with Crippen molar-refractivity contribution in [3.05, 3.63) is 58.6 Å². The molecule has 0 bridgehead atoms. The van der Waals surface area contributed by atoms with Crippen LogP contribution in [0.15, 0.2) is 41.8 Å². The Morgan fingerprint density at radius 1 is 1.11 bits per heavy atom. The summed E-state index contributed by atoms with van der Waals surface area (Å²) in [5.41, 5.74) is 4.51. The van der Waals surface area contributed by atoms with Gasteiger partial charge in [-0.15, -0.1) is 11.3 Å². The highest BCUT2D eigenvalue weighted by molar-refractivity contribution is 7.13. The van der Waals surface area contributed by atoms with Gasteiger partial charge in [-0.2, -0.15) is 0 Å². The van der Waals surface area contributed by atoms with Gasteiger partial charge in [-0.05, 0) is 43.8 Å². The second kappa shape index (κ2) is 10.5. The number of hydrogen-bond acceptors (Lipinski definition) is 6. The number of nitrogens with one attached hydrogen (secondary N) is 1. The first-order valence-corrected chi connectivity index (χ1v) is 10.1. The monoisotopic (exact) mass is 395 g/mol. The maximum absolute atomic E-state index is 9.81. The maximum atomic E-state index is 9.81. The van der Waals surface area contributed by atoms with Gasteiger partial charge < -0.3 is 5.32 Å². The Hall–Kier alpha value is -2.86. The Morgan fingerprint density at radius 3 is 2.32 bits per heavy atom. The summed E-state index contributed by atoms with van der Waals surface area (Å²) in [6.07, 6.45) is 1.56. The van der Waals surface area contributed by atoms with E-state index in [2.05, 4.69) is 66.8 Å². The maximum Gasteiger partial charge on any atom is 0.194 e. The molecule has 28 heavy (non-hydrogen) atoms. The highest BCUT2D eigenvalue weighted by atomic mass is 32.1. The van der Waals surface area contributed by atoms with Gasteiger partial charge in [0.25, 0.3) is 0 Å². The molecule has 2 aromatic heterocycles. The zero-order valence-electron chi connectivity index (χ0n) is 16.7. The molecule has 6 heteroatoms. The van der Waals surface area contributed by atoms with Gasteiger partial charge >= 0.3 is 0 Å². The molecule has 146 valence electrons. The normalized spacial score (nSPS) is 10.0. The number of aromatic nitrogens is 2. The predicted octanol–water partition coefficient (Wildman–Crippen LogP) is 5.29. The second-order valence-electron chi connectivity index (χ2n) is 6.22. The summed E-state index contributed by atoms with van der Waals surface area (Å²) >= 11 is 1.66. The third-order valence-corrected chi connectivity index (χ3v) is 4.97. The summed E-state index contributed by atoms with van der Waals surface area (Å²) < 4.78 is 0. The van der Waals surface area contributed by atoms with Gasteiger partial charge in [0.1, 0.15) is 5.82 Å². The molecule has 1 N–H and O–H groups in total. The molecule has 0 spiro atoms. The fraction of sp³-hybridized carbons (Fsp3) is 0.273. The van der Waals surface area contributed by atoms with Crippen LogP contribution in [0.3, 0.4) is 0 Å². The fourth-order valence-corrected chi connectivity index (χ4v) is 3.15. The molecule has 0 unspecified atom stereocenters. The van der Waals surface area contributed by atoms with Gasteiger partial charge in [0, 0.05) is 23.4 Å². The van der Waals surface area contributed by atoms with Crippen LogP contribution < -0.4 is 5.32 Å². The van der Waals surface area contributed by atoms with E-state index in [4.69, 9.17) is 4.98 Å². The van der Waals surface area contributed by atoms with Crippen molar-refractivity contribution in [1.82, 2.24) is 9.97 Å². The summed E-state index contributed by atoms with van der Waals surface area (Å²) in [5.74, 6) is 1.36. The van der Waals surface area contributed by atoms with Gasteiger partial charge in [-0.3, -0.25) is 9.59 Å². The predicted molar refractivity (Wildman–Crippen MR) is 115 cm³/mol. The van der Waals surface area contributed by atoms with Crippen LogP contribution in [0.2, 0.25) is 0 Å². The molecule has 0 fully saturated rings. The number of thiophene rings is 1. The van der Waals surface area contributed by atoms with Gasteiger partial charge in [0.05, 0.1) is 4.88 Å². The molecule has 5 nitrogen and oxygen atoms in total. The van der Waals surface area contributed by atoms with Gasteiger partial charge in [-0.25, -0.2) is 9.97 Å². The van der Waals surface area contributed by atoms with Crippen molar-refractivity contribution in [1.29, 1.82) is 0 Å². The third kappa shape index (κ3) is 5.82. The van der Waals surface area contributed by atoms with E-state index in [0.717, 1.165) is 34.3 Å².